The van der Waals surface area contributed by atoms with Gasteiger partial charge in [0.05, 0.1) is 15.6 Å². The van der Waals surface area contributed by atoms with Crippen LogP contribution >= 0.6 is 11.3 Å². The van der Waals surface area contributed by atoms with Crippen molar-refractivity contribution >= 4 is 33.0 Å². The van der Waals surface area contributed by atoms with Gasteiger partial charge in [0.1, 0.15) is 0 Å². The summed E-state index contributed by atoms with van der Waals surface area (Å²) in [6, 6.07) is 14.6. The molecule has 0 atom stereocenters. The monoisotopic (exact) mass is 441 g/mol. The van der Waals surface area contributed by atoms with Crippen LogP contribution in [0.1, 0.15) is 38.8 Å². The zero-order valence-corrected chi connectivity index (χ0v) is 18.1. The molecule has 0 aliphatic heterocycles. The van der Waals surface area contributed by atoms with E-state index in [0.29, 0.717) is 17.8 Å². The smallest absolute Gasteiger partial charge is 0.261 e. The number of aryl methyl sites for hydroxylation is 2. The topological polar surface area (TPSA) is 88.2 Å². The fourth-order valence-corrected chi connectivity index (χ4v) is 5.64. The lowest BCUT2D eigenvalue weighted by Gasteiger charge is -2.09. The van der Waals surface area contributed by atoms with E-state index in [0.717, 1.165) is 24.3 Å². The number of rotatable bonds is 7. The van der Waals surface area contributed by atoms with E-state index in [1.807, 2.05) is 0 Å². The van der Waals surface area contributed by atoms with Crippen molar-refractivity contribution in [3.8, 4) is 0 Å². The number of thiazole rings is 1. The lowest BCUT2D eigenvalue weighted by atomic mass is 10.0. The molecule has 3 aromatic rings. The van der Waals surface area contributed by atoms with E-state index in [9.17, 15) is 13.2 Å². The van der Waals surface area contributed by atoms with Crippen LogP contribution in [-0.2, 0) is 29.3 Å². The van der Waals surface area contributed by atoms with Gasteiger partial charge in [-0.05, 0) is 62.1 Å². The second-order valence-electron chi connectivity index (χ2n) is 7.19. The predicted molar refractivity (Wildman–Crippen MR) is 118 cm³/mol. The molecule has 2 aromatic carbocycles. The zero-order chi connectivity index (χ0) is 21.0. The van der Waals surface area contributed by atoms with Gasteiger partial charge in [0.15, 0.2) is 0 Å². The highest BCUT2D eigenvalue weighted by Crippen LogP contribution is 2.26. The number of nitrogens with one attached hydrogen (secondary N) is 2. The maximum Gasteiger partial charge on any atom is 0.261 e. The first-order valence-electron chi connectivity index (χ1n) is 9.95. The fraction of sp³-hybridized carbons (Fsp3) is 0.273. The molecule has 6 nitrogen and oxygen atoms in total. The van der Waals surface area contributed by atoms with Gasteiger partial charge in [-0.15, -0.1) is 11.3 Å². The van der Waals surface area contributed by atoms with Crippen LogP contribution < -0.4 is 10.0 Å². The maximum absolute atomic E-state index is 12.4. The molecular weight excluding hydrogens is 418 g/mol. The predicted octanol–water partition coefficient (Wildman–Crippen LogP) is 3.80. The van der Waals surface area contributed by atoms with Crippen LogP contribution in [0.5, 0.6) is 0 Å². The second kappa shape index (κ2) is 8.97. The summed E-state index contributed by atoms with van der Waals surface area (Å²) < 4.78 is 27.3. The quantitative estimate of drug-likeness (QED) is 0.584. The van der Waals surface area contributed by atoms with Gasteiger partial charge in [-0.2, -0.15) is 0 Å². The van der Waals surface area contributed by atoms with Crippen LogP contribution in [0.2, 0.25) is 0 Å². The van der Waals surface area contributed by atoms with Crippen molar-refractivity contribution in [1.82, 2.24) is 10.3 Å². The van der Waals surface area contributed by atoms with Crippen molar-refractivity contribution in [1.29, 1.82) is 0 Å². The Bertz CT molecular complexity index is 1100. The number of fused-ring (bicyclic) bond motifs is 1. The standard InChI is InChI=1S/C22H23N3O3S2/c26-22(23-15-14-21-24-19-8-4-5-9-20(19)29-21)16-10-12-17(13-11-16)25-30(27,28)18-6-2-1-3-7-18/h1-3,6-7,10-13,25H,4-5,8-9,14-15H2,(H,23,26). The summed E-state index contributed by atoms with van der Waals surface area (Å²) in [5, 5.41) is 3.99. The summed E-state index contributed by atoms with van der Waals surface area (Å²) in [4.78, 5) is 18.7. The van der Waals surface area contributed by atoms with Crippen LogP contribution in [0.3, 0.4) is 0 Å². The molecule has 2 N–H and O–H groups in total. The number of benzene rings is 2. The van der Waals surface area contributed by atoms with Crippen molar-refractivity contribution in [2.75, 3.05) is 11.3 Å². The Morgan fingerprint density at radius 2 is 1.73 bits per heavy atom. The maximum atomic E-state index is 12.4. The number of nitrogens with zero attached hydrogens (tertiary/aromatic N) is 1. The zero-order valence-electron chi connectivity index (χ0n) is 16.4. The Labute approximate surface area is 180 Å². The number of sulfonamides is 1. The van der Waals surface area contributed by atoms with Gasteiger partial charge in [0.25, 0.3) is 15.9 Å². The first-order valence-corrected chi connectivity index (χ1v) is 12.2. The van der Waals surface area contributed by atoms with Gasteiger partial charge in [-0.3, -0.25) is 9.52 Å². The molecule has 1 aliphatic rings. The third kappa shape index (κ3) is 4.88. The van der Waals surface area contributed by atoms with Crippen LogP contribution in [0.15, 0.2) is 59.5 Å². The number of aromatic nitrogens is 1. The third-order valence-corrected chi connectivity index (χ3v) is 7.58. The third-order valence-electron chi connectivity index (χ3n) is 4.97. The fourth-order valence-electron chi connectivity index (χ4n) is 3.40. The van der Waals surface area contributed by atoms with Crippen molar-refractivity contribution in [2.45, 2.75) is 37.0 Å². The molecule has 30 heavy (non-hydrogen) atoms. The van der Waals surface area contributed by atoms with Crippen molar-refractivity contribution in [3.63, 3.8) is 0 Å². The molecule has 8 heteroatoms. The molecule has 1 aromatic heterocycles. The summed E-state index contributed by atoms with van der Waals surface area (Å²) in [7, 11) is -3.65. The van der Waals surface area contributed by atoms with Gasteiger partial charge < -0.3 is 5.32 Å². The average Bonchev–Trinajstić information content (AvgIpc) is 3.17. The molecule has 4 rings (SSSR count). The number of anilines is 1. The molecule has 0 radical (unpaired) electrons. The van der Waals surface area contributed by atoms with Crippen molar-refractivity contribution in [2.24, 2.45) is 0 Å². The molecule has 1 aliphatic carbocycles. The van der Waals surface area contributed by atoms with E-state index in [1.165, 1.54) is 35.5 Å². The first kappa shape index (κ1) is 20.6. The number of hydrogen-bond acceptors (Lipinski definition) is 5. The molecular formula is C22H23N3O3S2. The SMILES string of the molecule is O=C(NCCc1nc2c(s1)CCCC2)c1ccc(NS(=O)(=O)c2ccccc2)cc1. The molecule has 0 bridgehead atoms. The minimum atomic E-state index is -3.65. The van der Waals surface area contributed by atoms with E-state index < -0.39 is 10.0 Å². The van der Waals surface area contributed by atoms with E-state index in [-0.39, 0.29) is 10.8 Å². The second-order valence-corrected chi connectivity index (χ2v) is 10.0. The minimum Gasteiger partial charge on any atom is -0.352 e. The Balaban J connectivity index is 1.31. The molecule has 1 amide bonds. The van der Waals surface area contributed by atoms with Crippen LogP contribution in [0.4, 0.5) is 5.69 Å². The van der Waals surface area contributed by atoms with Gasteiger partial charge in [-0.1, -0.05) is 18.2 Å². The first-order chi connectivity index (χ1) is 14.5. The van der Waals surface area contributed by atoms with E-state index in [2.05, 4.69) is 10.0 Å². The lowest BCUT2D eigenvalue weighted by Crippen LogP contribution is -2.25. The summed E-state index contributed by atoms with van der Waals surface area (Å²) in [5.41, 5.74) is 2.13. The largest absolute Gasteiger partial charge is 0.352 e. The Kier molecular flexibility index (Phi) is 6.15. The van der Waals surface area contributed by atoms with Gasteiger partial charge in [-0.25, -0.2) is 13.4 Å². The van der Waals surface area contributed by atoms with Gasteiger partial charge in [0, 0.05) is 29.1 Å². The molecule has 0 saturated heterocycles. The van der Waals surface area contributed by atoms with Crippen LogP contribution in [0.25, 0.3) is 0 Å². The Hall–Kier alpha value is -2.71. The van der Waals surface area contributed by atoms with Crippen molar-refractivity contribution in [3.05, 3.63) is 75.7 Å². The van der Waals surface area contributed by atoms with Crippen molar-refractivity contribution < 1.29 is 13.2 Å². The molecule has 0 fully saturated rings. The summed E-state index contributed by atoms with van der Waals surface area (Å²) in [5.74, 6) is -0.186. The summed E-state index contributed by atoms with van der Waals surface area (Å²) >= 11 is 1.76. The normalized spacial score (nSPS) is 13.5. The Morgan fingerprint density at radius 3 is 2.47 bits per heavy atom. The average molecular weight is 442 g/mol. The number of carbonyl (C=O) groups is 1. The molecule has 0 spiro atoms. The van der Waals surface area contributed by atoms with Gasteiger partial charge >= 0.3 is 0 Å². The van der Waals surface area contributed by atoms with E-state index in [4.69, 9.17) is 4.98 Å². The molecule has 0 unspecified atom stereocenters. The molecule has 0 saturated carbocycles. The lowest BCUT2D eigenvalue weighted by molar-refractivity contribution is 0.0954. The van der Waals surface area contributed by atoms with E-state index in [1.54, 1.807) is 53.8 Å². The van der Waals surface area contributed by atoms with Crippen LogP contribution in [0, 0.1) is 0 Å². The highest BCUT2D eigenvalue weighted by atomic mass is 32.2. The summed E-state index contributed by atoms with van der Waals surface area (Å²) in [6.07, 6.45) is 5.37. The molecule has 1 heterocycles. The molecule has 156 valence electrons. The summed E-state index contributed by atoms with van der Waals surface area (Å²) in [6.45, 7) is 0.521. The van der Waals surface area contributed by atoms with Gasteiger partial charge in [0.2, 0.25) is 0 Å². The highest BCUT2D eigenvalue weighted by molar-refractivity contribution is 7.92. The van der Waals surface area contributed by atoms with E-state index >= 15 is 0 Å². The number of hydrogen-bond donors (Lipinski definition) is 2. The Morgan fingerprint density at radius 1 is 1.00 bits per heavy atom. The minimum absolute atomic E-state index is 0.186. The van der Waals surface area contributed by atoms with Crippen LogP contribution in [-0.4, -0.2) is 25.9 Å². The highest BCUT2D eigenvalue weighted by Gasteiger charge is 2.16. The number of carbonyl (C=O) groups excluding carboxylic acids is 1. The number of amides is 1.